The highest BCUT2D eigenvalue weighted by atomic mass is 32.1. The molecule has 0 saturated carbocycles. The molecule has 2 heterocycles. The van der Waals surface area contributed by atoms with Gasteiger partial charge in [0.15, 0.2) is 0 Å². The van der Waals surface area contributed by atoms with Crippen molar-refractivity contribution in [2.75, 3.05) is 17.2 Å². The van der Waals surface area contributed by atoms with E-state index in [-0.39, 0.29) is 12.5 Å². The number of rotatable bonds is 9. The summed E-state index contributed by atoms with van der Waals surface area (Å²) in [5.41, 5.74) is 3.72. The number of fused-ring (bicyclic) bond motifs is 1. The zero-order chi connectivity index (χ0) is 28.1. The maximum atomic E-state index is 13.2. The number of nitrogens with one attached hydrogen (secondary N) is 2. The van der Waals surface area contributed by atoms with E-state index in [0.717, 1.165) is 35.3 Å². The molecule has 2 aromatic carbocycles. The Kier molecular flexibility index (Phi) is 8.55. The fourth-order valence-electron chi connectivity index (χ4n) is 4.06. The smallest absolute Gasteiger partial charge is 0.338 e. The quantitative estimate of drug-likeness (QED) is 0.219. The van der Waals surface area contributed by atoms with E-state index >= 15 is 0 Å². The Morgan fingerprint density at radius 2 is 1.77 bits per heavy atom. The summed E-state index contributed by atoms with van der Waals surface area (Å²) in [5.74, 6) is -1.17. The number of aromatic nitrogens is 2. The van der Waals surface area contributed by atoms with E-state index in [1.165, 1.54) is 10.9 Å². The number of hydrogen-bond donors (Lipinski definition) is 2. The zero-order valence-electron chi connectivity index (χ0n) is 22.3. The molecule has 39 heavy (non-hydrogen) atoms. The van der Waals surface area contributed by atoms with Crippen LogP contribution in [0.3, 0.4) is 0 Å². The largest absolute Gasteiger partial charge is 0.462 e. The van der Waals surface area contributed by atoms with Crippen LogP contribution in [0.2, 0.25) is 0 Å². The number of unbranched alkanes of at least 4 members (excludes halogenated alkanes) is 1. The van der Waals surface area contributed by atoms with E-state index in [2.05, 4.69) is 15.6 Å². The highest BCUT2D eigenvalue weighted by Gasteiger charge is 2.21. The first kappa shape index (κ1) is 27.7. The average molecular weight is 547 g/mol. The third kappa shape index (κ3) is 6.40. The van der Waals surface area contributed by atoms with Crippen LogP contribution in [0.5, 0.6) is 0 Å². The van der Waals surface area contributed by atoms with Crippen LogP contribution in [0, 0.1) is 20.8 Å². The summed E-state index contributed by atoms with van der Waals surface area (Å²) >= 11 is 1.14. The van der Waals surface area contributed by atoms with E-state index in [4.69, 9.17) is 4.74 Å². The molecule has 10 heteroatoms. The molecule has 9 nitrogen and oxygen atoms in total. The van der Waals surface area contributed by atoms with Crippen LogP contribution in [0.1, 0.15) is 56.5 Å². The van der Waals surface area contributed by atoms with Crippen molar-refractivity contribution in [3.63, 3.8) is 0 Å². The lowest BCUT2D eigenvalue weighted by atomic mass is 10.1. The molecule has 0 aliphatic carbocycles. The van der Waals surface area contributed by atoms with Gasteiger partial charge in [0.2, 0.25) is 5.91 Å². The number of thiophene rings is 1. The second kappa shape index (κ2) is 12.0. The summed E-state index contributed by atoms with van der Waals surface area (Å²) in [6.45, 7) is 7.72. The molecule has 4 aromatic rings. The number of carbonyl (C=O) groups excluding carboxylic acids is 3. The summed E-state index contributed by atoms with van der Waals surface area (Å²) in [6.07, 6.45) is 3.04. The molecule has 0 aliphatic rings. The Morgan fingerprint density at radius 1 is 1.03 bits per heavy atom. The van der Waals surface area contributed by atoms with Crippen LogP contribution < -0.4 is 16.2 Å². The van der Waals surface area contributed by atoms with E-state index in [0.29, 0.717) is 44.2 Å². The van der Waals surface area contributed by atoms with Gasteiger partial charge in [-0.1, -0.05) is 31.0 Å². The van der Waals surface area contributed by atoms with Crippen LogP contribution in [-0.2, 0) is 16.1 Å². The molecular weight excluding hydrogens is 516 g/mol. The molecule has 0 saturated heterocycles. The predicted molar refractivity (Wildman–Crippen MR) is 153 cm³/mol. The Balaban J connectivity index is 1.46. The minimum atomic E-state index is -0.433. The Labute approximate surface area is 229 Å². The summed E-state index contributed by atoms with van der Waals surface area (Å²) in [4.78, 5) is 56.1. The number of amides is 2. The number of esters is 1. The third-order valence-electron chi connectivity index (χ3n) is 6.20. The first-order valence-electron chi connectivity index (χ1n) is 12.6. The maximum Gasteiger partial charge on any atom is 0.338 e. The van der Waals surface area contributed by atoms with Crippen LogP contribution in [-0.4, -0.2) is 33.9 Å². The van der Waals surface area contributed by atoms with Crippen molar-refractivity contribution in [2.24, 2.45) is 0 Å². The molecule has 202 valence electrons. The minimum Gasteiger partial charge on any atom is -0.462 e. The number of anilines is 2. The van der Waals surface area contributed by atoms with Gasteiger partial charge >= 0.3 is 5.97 Å². The summed E-state index contributed by atoms with van der Waals surface area (Å²) in [7, 11) is 0. The number of benzene rings is 2. The summed E-state index contributed by atoms with van der Waals surface area (Å²) < 4.78 is 6.40. The van der Waals surface area contributed by atoms with Gasteiger partial charge in [-0.25, -0.2) is 9.78 Å². The summed E-state index contributed by atoms with van der Waals surface area (Å²) in [5, 5.41) is 5.94. The number of ether oxygens (including phenoxy) is 1. The predicted octanol–water partition coefficient (Wildman–Crippen LogP) is 5.23. The number of aryl methyl sites for hydroxylation is 3. The SMILES string of the molecule is CCCCOC(=O)c1ccc(NC(=O)Cn2cnc3sc(C(=O)Nc4ccc(C)cc4C)c(C)c3c2=O)cc1. The lowest BCUT2D eigenvalue weighted by molar-refractivity contribution is -0.116. The number of hydrogen-bond acceptors (Lipinski definition) is 7. The average Bonchev–Trinajstić information content (AvgIpc) is 3.25. The van der Waals surface area contributed by atoms with Gasteiger partial charge in [-0.05, 0) is 68.7 Å². The first-order valence-corrected chi connectivity index (χ1v) is 13.4. The molecule has 0 atom stereocenters. The summed E-state index contributed by atoms with van der Waals surface area (Å²) in [6, 6.07) is 12.1. The molecule has 0 aliphatic heterocycles. The van der Waals surface area contributed by atoms with Crippen molar-refractivity contribution in [1.82, 2.24) is 9.55 Å². The van der Waals surface area contributed by atoms with Gasteiger partial charge in [-0.2, -0.15) is 0 Å². The molecule has 2 aromatic heterocycles. The Morgan fingerprint density at radius 3 is 2.46 bits per heavy atom. The maximum absolute atomic E-state index is 13.2. The lowest BCUT2D eigenvalue weighted by Gasteiger charge is -2.09. The van der Waals surface area contributed by atoms with Crippen molar-refractivity contribution in [3.05, 3.63) is 86.3 Å². The first-order chi connectivity index (χ1) is 18.7. The molecule has 0 spiro atoms. The van der Waals surface area contributed by atoms with Gasteiger partial charge in [-0.15, -0.1) is 11.3 Å². The fraction of sp³-hybridized carbons (Fsp3) is 0.276. The van der Waals surface area contributed by atoms with Crippen molar-refractivity contribution in [1.29, 1.82) is 0 Å². The van der Waals surface area contributed by atoms with Crippen molar-refractivity contribution < 1.29 is 19.1 Å². The van der Waals surface area contributed by atoms with Gasteiger partial charge in [0.1, 0.15) is 11.4 Å². The molecular formula is C29H30N4O5S. The van der Waals surface area contributed by atoms with Crippen LogP contribution >= 0.6 is 11.3 Å². The van der Waals surface area contributed by atoms with E-state index in [9.17, 15) is 19.2 Å². The van der Waals surface area contributed by atoms with Gasteiger partial charge in [0.25, 0.3) is 11.5 Å². The van der Waals surface area contributed by atoms with Crippen LogP contribution in [0.15, 0.2) is 53.6 Å². The molecule has 2 amide bonds. The van der Waals surface area contributed by atoms with Crippen molar-refractivity contribution in [2.45, 2.75) is 47.1 Å². The molecule has 0 unspecified atom stereocenters. The van der Waals surface area contributed by atoms with Gasteiger partial charge < -0.3 is 15.4 Å². The normalized spacial score (nSPS) is 10.9. The second-order valence-corrected chi connectivity index (χ2v) is 10.3. The highest BCUT2D eigenvalue weighted by molar-refractivity contribution is 7.20. The van der Waals surface area contributed by atoms with E-state index in [1.807, 2.05) is 39.0 Å². The Bertz CT molecular complexity index is 1600. The van der Waals surface area contributed by atoms with Crippen LogP contribution in [0.25, 0.3) is 10.2 Å². The molecule has 4 rings (SSSR count). The molecule has 2 N–H and O–H groups in total. The molecule has 0 fully saturated rings. The van der Waals surface area contributed by atoms with Crippen molar-refractivity contribution in [3.8, 4) is 0 Å². The second-order valence-electron chi connectivity index (χ2n) is 9.30. The standard InChI is InChI=1S/C29H30N4O5S/c1-5-6-13-38-29(37)20-8-10-21(11-9-20)31-23(34)15-33-16-30-27-24(28(33)36)19(4)25(39-27)26(35)32-22-12-7-17(2)14-18(22)3/h7-12,14,16H,5-6,13,15H2,1-4H3,(H,31,34)(H,32,35). The van der Waals surface area contributed by atoms with E-state index in [1.54, 1.807) is 31.2 Å². The van der Waals surface area contributed by atoms with Gasteiger partial charge in [0, 0.05) is 11.4 Å². The Hall–Kier alpha value is -4.31. The zero-order valence-corrected chi connectivity index (χ0v) is 23.1. The van der Waals surface area contributed by atoms with E-state index < -0.39 is 17.4 Å². The van der Waals surface area contributed by atoms with Gasteiger partial charge in [0.05, 0.1) is 28.8 Å². The number of nitrogens with zero attached hydrogens (tertiary/aromatic N) is 2. The molecule has 0 radical (unpaired) electrons. The molecule has 0 bridgehead atoms. The third-order valence-corrected chi connectivity index (χ3v) is 7.40. The minimum absolute atomic E-state index is 0.262. The lowest BCUT2D eigenvalue weighted by Crippen LogP contribution is -2.28. The monoisotopic (exact) mass is 546 g/mol. The van der Waals surface area contributed by atoms with Crippen LogP contribution in [0.4, 0.5) is 11.4 Å². The topological polar surface area (TPSA) is 119 Å². The number of carbonyl (C=O) groups is 3. The van der Waals surface area contributed by atoms with Gasteiger partial charge in [-0.3, -0.25) is 19.0 Å². The highest BCUT2D eigenvalue weighted by Crippen LogP contribution is 2.28. The fourth-order valence-corrected chi connectivity index (χ4v) is 5.09. The van der Waals surface area contributed by atoms with Crippen molar-refractivity contribution >= 4 is 50.7 Å².